The fraction of sp³-hybridized carbons (Fsp3) is 0.231. The number of ether oxygens (including phenoxy) is 1. The van der Waals surface area contributed by atoms with Crippen LogP contribution in [-0.2, 0) is 13.0 Å². The maximum atomic E-state index is 12.6. The zero-order chi connectivity index (χ0) is 22.0. The maximum Gasteiger partial charge on any atom is 0.251 e. The number of aromatic nitrogens is 2. The zero-order valence-electron chi connectivity index (χ0n) is 18.2. The quantitative estimate of drug-likeness (QED) is 0.457. The zero-order valence-corrected chi connectivity index (χ0v) is 18.2. The van der Waals surface area contributed by atoms with Crippen molar-refractivity contribution in [3.63, 3.8) is 0 Å². The third-order valence-electron chi connectivity index (χ3n) is 5.74. The number of nitrogens with two attached hydrogens (primary N) is 1. The van der Waals surface area contributed by atoms with Gasteiger partial charge >= 0.3 is 0 Å². The first-order chi connectivity index (χ1) is 15.0. The number of para-hydroxylation sites is 2. The molecular formula is C26H27N3O2. The molecule has 2 aromatic carbocycles. The minimum absolute atomic E-state index is 0.432. The van der Waals surface area contributed by atoms with Gasteiger partial charge in [-0.15, -0.1) is 0 Å². The van der Waals surface area contributed by atoms with Crippen LogP contribution in [-0.4, -0.2) is 22.6 Å². The summed E-state index contributed by atoms with van der Waals surface area (Å²) in [6.45, 7) is 4.69. The van der Waals surface area contributed by atoms with E-state index < -0.39 is 5.91 Å². The molecule has 0 aliphatic carbocycles. The van der Waals surface area contributed by atoms with Crippen LogP contribution in [0.15, 0.2) is 60.7 Å². The van der Waals surface area contributed by atoms with Crippen LogP contribution in [0.1, 0.15) is 40.7 Å². The molecule has 4 aromatic rings. The van der Waals surface area contributed by atoms with E-state index in [0.29, 0.717) is 12.1 Å². The van der Waals surface area contributed by atoms with Gasteiger partial charge in [0.25, 0.3) is 5.91 Å². The first-order valence-electron chi connectivity index (χ1n) is 10.5. The van der Waals surface area contributed by atoms with Gasteiger partial charge in [0, 0.05) is 27.9 Å². The van der Waals surface area contributed by atoms with E-state index in [2.05, 4.69) is 11.5 Å². The summed E-state index contributed by atoms with van der Waals surface area (Å²) in [5.74, 6) is 0.391. The second-order valence-corrected chi connectivity index (χ2v) is 7.68. The lowest BCUT2D eigenvalue weighted by molar-refractivity contribution is 0.1000. The first kappa shape index (κ1) is 20.7. The third kappa shape index (κ3) is 3.79. The molecule has 0 fully saturated rings. The standard InChI is InChI=1S/C26H27N3O2/c1-4-9-22-25(21-15-14-18-10-5-7-12-20(18)28-21)24(26(27)30)17(2)29(22)16-19-11-6-8-13-23(19)31-3/h5-8,10-15H,4,9,16H2,1-3H3,(H2,27,30). The summed E-state index contributed by atoms with van der Waals surface area (Å²) in [6, 6.07) is 20.0. The number of nitrogens with zero attached hydrogens (tertiary/aromatic N) is 2. The molecule has 0 spiro atoms. The second-order valence-electron chi connectivity index (χ2n) is 7.68. The van der Waals surface area contributed by atoms with Gasteiger partial charge in [0.2, 0.25) is 0 Å². The van der Waals surface area contributed by atoms with E-state index in [1.165, 1.54) is 0 Å². The van der Waals surface area contributed by atoms with Crippen molar-refractivity contribution in [2.45, 2.75) is 33.2 Å². The highest BCUT2D eigenvalue weighted by molar-refractivity contribution is 6.02. The van der Waals surface area contributed by atoms with Crippen LogP contribution in [0.5, 0.6) is 5.75 Å². The van der Waals surface area contributed by atoms with Crippen molar-refractivity contribution >= 4 is 16.8 Å². The number of benzene rings is 2. The summed E-state index contributed by atoms with van der Waals surface area (Å²) in [5.41, 5.74) is 11.9. The Morgan fingerprint density at radius 1 is 1.06 bits per heavy atom. The molecule has 0 atom stereocenters. The molecule has 0 unspecified atom stereocenters. The number of rotatable bonds is 7. The molecule has 2 aromatic heterocycles. The van der Waals surface area contributed by atoms with E-state index in [1.54, 1.807) is 7.11 Å². The highest BCUT2D eigenvalue weighted by Crippen LogP contribution is 2.35. The molecule has 31 heavy (non-hydrogen) atoms. The normalized spacial score (nSPS) is 11.1. The topological polar surface area (TPSA) is 70.1 Å². The summed E-state index contributed by atoms with van der Waals surface area (Å²) in [7, 11) is 1.67. The van der Waals surface area contributed by atoms with E-state index in [-0.39, 0.29) is 0 Å². The lowest BCUT2D eigenvalue weighted by Crippen LogP contribution is -2.14. The third-order valence-corrected chi connectivity index (χ3v) is 5.74. The largest absolute Gasteiger partial charge is 0.496 e. The number of fused-ring (bicyclic) bond motifs is 1. The Hall–Kier alpha value is -3.60. The maximum absolute atomic E-state index is 12.6. The monoisotopic (exact) mass is 413 g/mol. The fourth-order valence-electron chi connectivity index (χ4n) is 4.29. The summed E-state index contributed by atoms with van der Waals surface area (Å²) in [6.07, 6.45) is 1.75. The van der Waals surface area contributed by atoms with Crippen molar-refractivity contribution in [2.24, 2.45) is 5.73 Å². The summed E-state index contributed by atoms with van der Waals surface area (Å²) in [4.78, 5) is 17.5. The Morgan fingerprint density at radius 2 is 1.81 bits per heavy atom. The van der Waals surface area contributed by atoms with Gasteiger partial charge in [-0.1, -0.05) is 55.8 Å². The molecule has 4 rings (SSSR count). The molecule has 5 heteroatoms. The number of hydrogen-bond donors (Lipinski definition) is 1. The van der Waals surface area contributed by atoms with Crippen LogP contribution in [0.4, 0.5) is 0 Å². The summed E-state index contributed by atoms with van der Waals surface area (Å²) >= 11 is 0. The van der Waals surface area contributed by atoms with Crippen molar-refractivity contribution in [3.05, 3.63) is 83.2 Å². The fourth-order valence-corrected chi connectivity index (χ4v) is 4.29. The van der Waals surface area contributed by atoms with Gasteiger partial charge in [0.05, 0.1) is 30.4 Å². The van der Waals surface area contributed by atoms with Gasteiger partial charge in [0.15, 0.2) is 0 Å². The summed E-state index contributed by atoms with van der Waals surface area (Å²) < 4.78 is 7.75. The van der Waals surface area contributed by atoms with E-state index >= 15 is 0 Å². The Morgan fingerprint density at radius 3 is 2.55 bits per heavy atom. The lowest BCUT2D eigenvalue weighted by Gasteiger charge is -2.15. The van der Waals surface area contributed by atoms with E-state index in [0.717, 1.165) is 57.7 Å². The van der Waals surface area contributed by atoms with Gasteiger partial charge in [0.1, 0.15) is 5.75 Å². The predicted octanol–water partition coefficient (Wildman–Crippen LogP) is 5.12. The van der Waals surface area contributed by atoms with Crippen LogP contribution in [0, 0.1) is 6.92 Å². The minimum Gasteiger partial charge on any atom is -0.496 e. The molecule has 2 N–H and O–H groups in total. The number of hydrogen-bond acceptors (Lipinski definition) is 3. The van der Waals surface area contributed by atoms with Gasteiger partial charge in [-0.25, -0.2) is 4.98 Å². The Kier molecular flexibility index (Phi) is 5.76. The molecular weight excluding hydrogens is 386 g/mol. The molecule has 0 saturated carbocycles. The second kappa shape index (κ2) is 8.64. The van der Waals surface area contributed by atoms with Gasteiger partial charge in [-0.3, -0.25) is 4.79 Å². The summed E-state index contributed by atoms with van der Waals surface area (Å²) in [5, 5.41) is 1.06. The van der Waals surface area contributed by atoms with Gasteiger partial charge in [-0.05, 0) is 31.5 Å². The molecule has 0 bridgehead atoms. The van der Waals surface area contributed by atoms with E-state index in [1.807, 2.05) is 67.6 Å². The highest BCUT2D eigenvalue weighted by Gasteiger charge is 2.25. The van der Waals surface area contributed by atoms with Crippen LogP contribution < -0.4 is 10.5 Å². The molecule has 0 saturated heterocycles. The van der Waals surface area contributed by atoms with Crippen molar-refractivity contribution < 1.29 is 9.53 Å². The van der Waals surface area contributed by atoms with Crippen molar-refractivity contribution in [3.8, 4) is 17.0 Å². The van der Waals surface area contributed by atoms with Crippen molar-refractivity contribution in [1.82, 2.24) is 9.55 Å². The number of carbonyl (C=O) groups is 1. The number of methoxy groups -OCH3 is 1. The molecule has 0 aliphatic rings. The number of pyridine rings is 1. The molecule has 5 nitrogen and oxygen atoms in total. The molecule has 2 heterocycles. The Bertz CT molecular complexity index is 1260. The van der Waals surface area contributed by atoms with Gasteiger partial charge in [-0.2, -0.15) is 0 Å². The number of carbonyl (C=O) groups excluding carboxylic acids is 1. The first-order valence-corrected chi connectivity index (χ1v) is 10.5. The Labute approximate surface area is 182 Å². The predicted molar refractivity (Wildman–Crippen MR) is 125 cm³/mol. The van der Waals surface area contributed by atoms with E-state index in [4.69, 9.17) is 15.5 Å². The van der Waals surface area contributed by atoms with Crippen LogP contribution in [0.2, 0.25) is 0 Å². The average Bonchev–Trinajstić information content (AvgIpc) is 3.05. The molecule has 158 valence electrons. The number of amides is 1. The van der Waals surface area contributed by atoms with Crippen LogP contribution in [0.25, 0.3) is 22.2 Å². The van der Waals surface area contributed by atoms with Crippen molar-refractivity contribution in [1.29, 1.82) is 0 Å². The SMILES string of the molecule is CCCc1c(-c2ccc3ccccc3n2)c(C(N)=O)c(C)n1Cc1ccccc1OC. The lowest BCUT2D eigenvalue weighted by atomic mass is 10.0. The number of primary amides is 1. The smallest absolute Gasteiger partial charge is 0.251 e. The molecule has 0 radical (unpaired) electrons. The van der Waals surface area contributed by atoms with E-state index in [9.17, 15) is 4.79 Å². The van der Waals surface area contributed by atoms with Crippen LogP contribution >= 0.6 is 0 Å². The minimum atomic E-state index is -0.432. The van der Waals surface area contributed by atoms with Gasteiger partial charge < -0.3 is 15.0 Å². The van der Waals surface area contributed by atoms with Crippen LogP contribution in [0.3, 0.4) is 0 Å². The van der Waals surface area contributed by atoms with Crippen molar-refractivity contribution in [2.75, 3.05) is 7.11 Å². The highest BCUT2D eigenvalue weighted by atomic mass is 16.5. The average molecular weight is 414 g/mol. The molecule has 0 aliphatic heterocycles. The molecule has 1 amide bonds. The Balaban J connectivity index is 1.95.